The first-order valence-corrected chi connectivity index (χ1v) is 8.08. The van der Waals surface area contributed by atoms with Crippen molar-refractivity contribution >= 4 is 33.1 Å². The minimum Gasteiger partial charge on any atom is -0.487 e. The Morgan fingerprint density at radius 2 is 1.96 bits per heavy atom. The number of para-hydroxylation sites is 1. The number of carbonyl (C=O) groups excluding carboxylic acids is 1. The van der Waals surface area contributed by atoms with E-state index in [0.29, 0.717) is 10.3 Å². The van der Waals surface area contributed by atoms with Gasteiger partial charge < -0.3 is 9.47 Å². The van der Waals surface area contributed by atoms with E-state index in [0.717, 1.165) is 4.70 Å². The summed E-state index contributed by atoms with van der Waals surface area (Å²) in [5.41, 5.74) is -0.0384. The predicted octanol–water partition coefficient (Wildman–Crippen LogP) is 4.18. The summed E-state index contributed by atoms with van der Waals surface area (Å²) in [5.74, 6) is -0.950. The van der Waals surface area contributed by atoms with Crippen LogP contribution in [0.5, 0.6) is 5.75 Å². The van der Waals surface area contributed by atoms with Crippen molar-refractivity contribution in [3.05, 3.63) is 69.3 Å². The molecule has 0 aliphatic carbocycles. The zero-order valence-electron chi connectivity index (χ0n) is 12.8. The fourth-order valence-electron chi connectivity index (χ4n) is 2.16. The van der Waals surface area contributed by atoms with Gasteiger partial charge in [0.15, 0.2) is 11.6 Å². The molecule has 0 N–H and O–H groups in total. The number of fused-ring (bicyclic) bond motifs is 1. The van der Waals surface area contributed by atoms with Crippen LogP contribution in [0.3, 0.4) is 0 Å². The highest BCUT2D eigenvalue weighted by atomic mass is 32.1. The van der Waals surface area contributed by atoms with E-state index in [1.807, 2.05) is 0 Å². The summed E-state index contributed by atoms with van der Waals surface area (Å²) in [5, 5.41) is 11.4. The molecular formula is C17H12FNO5S. The highest BCUT2D eigenvalue weighted by Gasteiger charge is 2.14. The Hall–Kier alpha value is -3.00. The van der Waals surface area contributed by atoms with Crippen molar-refractivity contribution in [3.63, 3.8) is 0 Å². The van der Waals surface area contributed by atoms with Gasteiger partial charge in [-0.25, -0.2) is 9.18 Å². The highest BCUT2D eigenvalue weighted by Crippen LogP contribution is 2.29. The van der Waals surface area contributed by atoms with Gasteiger partial charge in [-0.1, -0.05) is 12.1 Å². The molecule has 0 fully saturated rings. The third-order valence-corrected chi connectivity index (χ3v) is 4.42. The predicted molar refractivity (Wildman–Crippen MR) is 90.7 cm³/mol. The lowest BCUT2D eigenvalue weighted by atomic mass is 10.2. The third-order valence-electron chi connectivity index (χ3n) is 3.32. The normalized spacial score (nSPS) is 10.6. The summed E-state index contributed by atoms with van der Waals surface area (Å²) in [7, 11) is 0. The number of esters is 1. The van der Waals surface area contributed by atoms with Gasteiger partial charge in [-0.15, -0.1) is 11.3 Å². The lowest BCUT2D eigenvalue weighted by molar-refractivity contribution is -0.384. The van der Waals surface area contributed by atoms with E-state index in [4.69, 9.17) is 9.47 Å². The van der Waals surface area contributed by atoms with Gasteiger partial charge in [0.05, 0.1) is 4.92 Å². The lowest BCUT2D eigenvalue weighted by Gasteiger charge is -2.07. The molecule has 128 valence electrons. The van der Waals surface area contributed by atoms with Crippen LogP contribution in [-0.2, 0) is 4.74 Å². The maximum absolute atomic E-state index is 13.4. The molecule has 6 nitrogen and oxygen atoms in total. The van der Waals surface area contributed by atoms with Gasteiger partial charge in [-0.05, 0) is 24.3 Å². The van der Waals surface area contributed by atoms with Crippen LogP contribution in [0.1, 0.15) is 9.67 Å². The van der Waals surface area contributed by atoms with Crippen molar-refractivity contribution < 1.29 is 23.6 Å². The van der Waals surface area contributed by atoms with Crippen LogP contribution in [0.25, 0.3) is 10.1 Å². The molecule has 0 spiro atoms. The largest absolute Gasteiger partial charge is 0.487 e. The Morgan fingerprint density at radius 1 is 1.16 bits per heavy atom. The van der Waals surface area contributed by atoms with Gasteiger partial charge >= 0.3 is 5.97 Å². The third kappa shape index (κ3) is 3.92. The van der Waals surface area contributed by atoms with Crippen molar-refractivity contribution in [1.82, 2.24) is 0 Å². The number of non-ortho nitro benzene ring substituents is 1. The Labute approximate surface area is 145 Å². The molecule has 2 aromatic carbocycles. The summed E-state index contributed by atoms with van der Waals surface area (Å²) < 4.78 is 24.4. The van der Waals surface area contributed by atoms with Crippen LogP contribution in [0.15, 0.2) is 48.5 Å². The van der Waals surface area contributed by atoms with Gasteiger partial charge in [0, 0.05) is 22.2 Å². The molecule has 3 aromatic rings. The zero-order valence-corrected chi connectivity index (χ0v) is 13.6. The lowest BCUT2D eigenvalue weighted by Crippen LogP contribution is -2.11. The topological polar surface area (TPSA) is 78.7 Å². The summed E-state index contributed by atoms with van der Waals surface area (Å²) in [4.78, 5) is 22.7. The molecule has 8 heteroatoms. The second kappa shape index (κ2) is 7.27. The van der Waals surface area contributed by atoms with E-state index in [1.54, 1.807) is 24.3 Å². The first kappa shape index (κ1) is 16.8. The molecular weight excluding hydrogens is 349 g/mol. The van der Waals surface area contributed by atoms with Gasteiger partial charge in [0.25, 0.3) is 5.69 Å². The minimum absolute atomic E-state index is 0.0169. The van der Waals surface area contributed by atoms with Crippen molar-refractivity contribution in [2.24, 2.45) is 0 Å². The second-order valence-electron chi connectivity index (χ2n) is 5.00. The van der Waals surface area contributed by atoms with Gasteiger partial charge in [0.2, 0.25) is 0 Å². The number of nitro groups is 1. The number of ether oxygens (including phenoxy) is 2. The first-order valence-electron chi connectivity index (χ1n) is 7.27. The van der Waals surface area contributed by atoms with Crippen LogP contribution < -0.4 is 4.74 Å². The van der Waals surface area contributed by atoms with Crippen LogP contribution in [0.4, 0.5) is 10.1 Å². The molecule has 0 unspecified atom stereocenters. The smallest absolute Gasteiger partial charge is 0.348 e. The Morgan fingerprint density at radius 3 is 2.72 bits per heavy atom. The van der Waals surface area contributed by atoms with Crippen molar-refractivity contribution in [2.75, 3.05) is 13.2 Å². The molecule has 0 amide bonds. The number of rotatable bonds is 6. The highest BCUT2D eigenvalue weighted by molar-refractivity contribution is 7.20. The molecule has 0 radical (unpaired) electrons. The molecule has 25 heavy (non-hydrogen) atoms. The SMILES string of the molecule is O=C(OCCOc1ccccc1F)c1cc2cc([N+](=O)[O-])ccc2s1. The summed E-state index contributed by atoms with van der Waals surface area (Å²) in [6.45, 7) is -0.0232. The molecule has 1 aromatic heterocycles. The Kier molecular flexibility index (Phi) is 4.90. The van der Waals surface area contributed by atoms with Gasteiger partial charge in [0.1, 0.15) is 18.1 Å². The summed E-state index contributed by atoms with van der Waals surface area (Å²) in [6.07, 6.45) is 0. The van der Waals surface area contributed by atoms with Crippen LogP contribution in [0, 0.1) is 15.9 Å². The van der Waals surface area contributed by atoms with E-state index < -0.39 is 16.7 Å². The van der Waals surface area contributed by atoms with Crippen LogP contribution in [0.2, 0.25) is 0 Å². The standard InChI is InChI=1S/C17H12FNO5S/c18-13-3-1-2-4-14(13)23-7-8-24-17(20)16-10-11-9-12(19(21)22)5-6-15(11)25-16/h1-6,9-10H,7-8H2. The molecule has 0 saturated carbocycles. The fourth-order valence-corrected chi connectivity index (χ4v) is 3.10. The average Bonchev–Trinajstić information content (AvgIpc) is 3.03. The Balaban J connectivity index is 1.59. The number of thiophene rings is 1. The number of nitrogens with zero attached hydrogens (tertiary/aromatic N) is 1. The molecule has 0 bridgehead atoms. The Bertz CT molecular complexity index is 940. The molecule has 0 aliphatic heterocycles. The van der Waals surface area contributed by atoms with Gasteiger partial charge in [-0.2, -0.15) is 0 Å². The monoisotopic (exact) mass is 361 g/mol. The van der Waals surface area contributed by atoms with E-state index in [-0.39, 0.29) is 24.7 Å². The molecule has 1 heterocycles. The minimum atomic E-state index is -0.555. The second-order valence-corrected chi connectivity index (χ2v) is 6.09. The van der Waals surface area contributed by atoms with Gasteiger partial charge in [-0.3, -0.25) is 10.1 Å². The number of nitro benzene ring substituents is 1. The molecule has 0 atom stereocenters. The summed E-state index contributed by atoms with van der Waals surface area (Å²) >= 11 is 1.18. The van der Waals surface area contributed by atoms with Crippen LogP contribution >= 0.6 is 11.3 Å². The quantitative estimate of drug-likeness (QED) is 0.285. The molecule has 0 aliphatic rings. The number of carbonyl (C=O) groups is 1. The maximum Gasteiger partial charge on any atom is 0.348 e. The first-order chi connectivity index (χ1) is 12.0. The van der Waals surface area contributed by atoms with E-state index in [2.05, 4.69) is 0 Å². The van der Waals surface area contributed by atoms with Crippen molar-refractivity contribution in [1.29, 1.82) is 0 Å². The number of hydrogen-bond acceptors (Lipinski definition) is 6. The molecule has 3 rings (SSSR count). The fraction of sp³-hybridized carbons (Fsp3) is 0.118. The van der Waals surface area contributed by atoms with E-state index in [9.17, 15) is 19.3 Å². The average molecular weight is 361 g/mol. The van der Waals surface area contributed by atoms with Crippen molar-refractivity contribution in [2.45, 2.75) is 0 Å². The maximum atomic E-state index is 13.4. The van der Waals surface area contributed by atoms with E-state index >= 15 is 0 Å². The zero-order chi connectivity index (χ0) is 17.8. The van der Waals surface area contributed by atoms with Crippen molar-refractivity contribution in [3.8, 4) is 5.75 Å². The van der Waals surface area contributed by atoms with Crippen LogP contribution in [-0.4, -0.2) is 24.1 Å². The molecule has 0 saturated heterocycles. The summed E-state index contributed by atoms with van der Waals surface area (Å²) in [6, 6.07) is 11.9. The number of halogens is 1. The number of benzene rings is 2. The van der Waals surface area contributed by atoms with E-state index in [1.165, 1.54) is 35.6 Å². The number of hydrogen-bond donors (Lipinski definition) is 0.